The van der Waals surface area contributed by atoms with Crippen LogP contribution >= 0.6 is 0 Å². The third kappa shape index (κ3) is 21.9. The summed E-state index contributed by atoms with van der Waals surface area (Å²) in [6.07, 6.45) is 16.9. The van der Waals surface area contributed by atoms with Crippen LogP contribution < -0.4 is 0 Å². The summed E-state index contributed by atoms with van der Waals surface area (Å²) in [6.45, 7) is 2.62. The van der Waals surface area contributed by atoms with E-state index < -0.39 is 11.9 Å². The summed E-state index contributed by atoms with van der Waals surface area (Å²) in [4.78, 5) is 21.3. The molecule has 23 heavy (non-hydrogen) atoms. The van der Waals surface area contributed by atoms with Crippen LogP contribution in [-0.4, -0.2) is 61.4 Å². The first-order valence-corrected chi connectivity index (χ1v) is 8.74. The van der Waals surface area contributed by atoms with E-state index in [1.165, 1.54) is 64.2 Å². The predicted molar refractivity (Wildman–Crippen MR) is 97.4 cm³/mol. The summed E-state index contributed by atoms with van der Waals surface area (Å²) in [5, 5.41) is 8.35. The summed E-state index contributed by atoms with van der Waals surface area (Å²) >= 11 is 0. The molecule has 0 atom stereocenters. The molecule has 0 radical (unpaired) electrons. The zero-order chi connectivity index (χ0) is 16.5. The van der Waals surface area contributed by atoms with E-state index >= 15 is 0 Å². The Morgan fingerprint density at radius 3 is 1.65 bits per heavy atom. The minimum atomic E-state index is -1.14. The number of rotatable bonds is 15. The molecule has 0 aliphatic rings. The second-order valence-electron chi connectivity index (χ2n) is 5.73. The number of unbranched alkanes of at least 4 members (excludes halogenated alkanes) is 11. The van der Waals surface area contributed by atoms with Crippen molar-refractivity contribution < 1.29 is 19.4 Å². The Kier molecular flexibility index (Phi) is 21.9. The molecule has 0 aromatic carbocycles. The molecule has 0 amide bonds. The van der Waals surface area contributed by atoms with Gasteiger partial charge in [-0.05, 0) is 6.42 Å². The molecule has 0 unspecified atom stereocenters. The number of carboxylic acids is 1. The molecule has 0 aliphatic carbocycles. The molecule has 0 saturated heterocycles. The normalized spacial score (nSPS) is 10.5. The molecule has 5 heteroatoms. The standard InChI is InChI=1S/C18H32O4.Ca.2H/c1-2-3-4-5-6-7-8-9-10-11-12-13-16-22-18(21)15-14-17(19)20;;;/h14-15H,2-13,16H2,1H3,(H,19,20);;;/b15-14-;;;. The van der Waals surface area contributed by atoms with Crippen molar-refractivity contribution in [1.82, 2.24) is 0 Å². The van der Waals surface area contributed by atoms with Gasteiger partial charge in [0, 0.05) is 12.2 Å². The minimum absolute atomic E-state index is 0. The van der Waals surface area contributed by atoms with Crippen LogP contribution in [0.3, 0.4) is 0 Å². The number of aliphatic carboxylic acids is 1. The van der Waals surface area contributed by atoms with Crippen molar-refractivity contribution in [2.24, 2.45) is 0 Å². The Morgan fingerprint density at radius 2 is 1.22 bits per heavy atom. The van der Waals surface area contributed by atoms with E-state index in [4.69, 9.17) is 9.84 Å². The van der Waals surface area contributed by atoms with E-state index in [9.17, 15) is 9.59 Å². The molecular weight excluding hydrogens is 320 g/mol. The number of carboxylic acid groups (broad SMARTS) is 1. The van der Waals surface area contributed by atoms with Gasteiger partial charge in [-0.25, -0.2) is 9.59 Å². The number of ether oxygens (including phenoxy) is 1. The topological polar surface area (TPSA) is 63.6 Å². The predicted octanol–water partition coefficient (Wildman–Crippen LogP) is 3.96. The van der Waals surface area contributed by atoms with Crippen LogP contribution in [0.15, 0.2) is 12.2 Å². The molecule has 0 fully saturated rings. The van der Waals surface area contributed by atoms with Crippen molar-refractivity contribution in [3.8, 4) is 0 Å². The zero-order valence-corrected chi connectivity index (χ0v) is 14.0. The Morgan fingerprint density at radius 1 is 0.783 bits per heavy atom. The maximum atomic E-state index is 11.1. The fraction of sp³-hybridized carbons (Fsp3) is 0.778. The fourth-order valence-electron chi connectivity index (χ4n) is 2.30. The van der Waals surface area contributed by atoms with Crippen molar-refractivity contribution in [1.29, 1.82) is 0 Å². The molecule has 132 valence electrons. The summed E-state index contributed by atoms with van der Waals surface area (Å²) in [5.41, 5.74) is 0. The molecule has 4 nitrogen and oxygen atoms in total. The summed E-state index contributed by atoms with van der Waals surface area (Å²) in [7, 11) is 0. The van der Waals surface area contributed by atoms with E-state index in [1.54, 1.807) is 0 Å². The number of hydrogen-bond acceptors (Lipinski definition) is 3. The number of carbonyl (C=O) groups excluding carboxylic acids is 1. The molecule has 0 aliphatic heterocycles. The molecule has 0 aromatic rings. The van der Waals surface area contributed by atoms with Crippen LogP contribution in [0.25, 0.3) is 0 Å². The molecule has 0 rings (SSSR count). The number of esters is 1. The average molecular weight is 355 g/mol. The second kappa shape index (κ2) is 20.0. The van der Waals surface area contributed by atoms with Gasteiger partial charge in [-0.15, -0.1) is 0 Å². The molecule has 0 saturated carbocycles. The van der Waals surface area contributed by atoms with E-state index in [0.717, 1.165) is 25.0 Å². The molecule has 1 N–H and O–H groups in total. The molecule has 0 spiro atoms. The van der Waals surface area contributed by atoms with Crippen molar-refractivity contribution in [2.45, 2.75) is 84.0 Å². The number of hydrogen-bond donors (Lipinski definition) is 1. The van der Waals surface area contributed by atoms with E-state index in [1.807, 2.05) is 0 Å². The maximum absolute atomic E-state index is 11.1. The first-order chi connectivity index (χ1) is 10.7. The number of carbonyl (C=O) groups is 2. The fourth-order valence-corrected chi connectivity index (χ4v) is 2.30. The Hall–Kier alpha value is -0.0603. The third-order valence-electron chi connectivity index (χ3n) is 3.60. The Labute approximate surface area is 171 Å². The average Bonchev–Trinajstić information content (AvgIpc) is 2.49. The van der Waals surface area contributed by atoms with E-state index in [-0.39, 0.29) is 37.7 Å². The van der Waals surface area contributed by atoms with Gasteiger partial charge >= 0.3 is 49.7 Å². The van der Waals surface area contributed by atoms with Crippen molar-refractivity contribution in [3.63, 3.8) is 0 Å². The van der Waals surface area contributed by atoms with Gasteiger partial charge in [0.1, 0.15) is 0 Å². The summed E-state index contributed by atoms with van der Waals surface area (Å²) in [5.74, 6) is -1.72. The van der Waals surface area contributed by atoms with Crippen LogP contribution in [-0.2, 0) is 14.3 Å². The second-order valence-corrected chi connectivity index (χ2v) is 5.73. The first kappa shape index (κ1) is 25.2. The van der Waals surface area contributed by atoms with Crippen LogP contribution in [0.5, 0.6) is 0 Å². The van der Waals surface area contributed by atoms with Crippen LogP contribution in [0.1, 0.15) is 84.0 Å². The van der Waals surface area contributed by atoms with Crippen LogP contribution in [0.4, 0.5) is 0 Å². The Bertz CT molecular complexity index is 316. The molecule has 0 aromatic heterocycles. The van der Waals surface area contributed by atoms with Gasteiger partial charge in [0.25, 0.3) is 0 Å². The third-order valence-corrected chi connectivity index (χ3v) is 3.60. The molecule has 0 heterocycles. The monoisotopic (exact) mass is 354 g/mol. The van der Waals surface area contributed by atoms with Gasteiger partial charge in [0.05, 0.1) is 6.61 Å². The van der Waals surface area contributed by atoms with Gasteiger partial charge in [-0.1, -0.05) is 77.6 Å². The van der Waals surface area contributed by atoms with Gasteiger partial charge < -0.3 is 9.84 Å². The van der Waals surface area contributed by atoms with Crippen LogP contribution in [0.2, 0.25) is 0 Å². The van der Waals surface area contributed by atoms with Gasteiger partial charge in [0.15, 0.2) is 0 Å². The molecule has 0 bridgehead atoms. The van der Waals surface area contributed by atoms with Gasteiger partial charge in [-0.2, -0.15) is 0 Å². The van der Waals surface area contributed by atoms with E-state index in [0.29, 0.717) is 6.61 Å². The summed E-state index contributed by atoms with van der Waals surface area (Å²) in [6, 6.07) is 0. The Balaban J connectivity index is 0. The van der Waals surface area contributed by atoms with Crippen molar-refractivity contribution in [3.05, 3.63) is 12.2 Å². The van der Waals surface area contributed by atoms with Crippen molar-refractivity contribution >= 4 is 49.7 Å². The quantitative estimate of drug-likeness (QED) is 0.209. The SMILES string of the molecule is CCCCCCCCCCCCCCOC(=O)/C=C\C(=O)O.[CaH2]. The van der Waals surface area contributed by atoms with E-state index in [2.05, 4.69) is 6.92 Å². The summed E-state index contributed by atoms with van der Waals surface area (Å²) < 4.78 is 4.90. The zero-order valence-electron chi connectivity index (χ0n) is 14.0. The molecular formula is C18H34CaO4. The first-order valence-electron chi connectivity index (χ1n) is 8.74. The van der Waals surface area contributed by atoms with Crippen molar-refractivity contribution in [2.75, 3.05) is 6.61 Å². The van der Waals surface area contributed by atoms with Gasteiger partial charge in [-0.3, -0.25) is 0 Å². The van der Waals surface area contributed by atoms with Crippen LogP contribution in [0, 0.1) is 0 Å². The van der Waals surface area contributed by atoms with Gasteiger partial charge in [0.2, 0.25) is 0 Å².